The van der Waals surface area contributed by atoms with Gasteiger partial charge in [0.2, 0.25) is 0 Å². The number of esters is 1. The molecule has 0 aliphatic heterocycles. The molecule has 1 saturated carbocycles. The molecule has 2 N–H and O–H groups in total. The molecule has 4 aromatic rings. The van der Waals surface area contributed by atoms with Crippen molar-refractivity contribution in [1.82, 2.24) is 9.88 Å². The summed E-state index contributed by atoms with van der Waals surface area (Å²) in [5.74, 6) is -1.32. The van der Waals surface area contributed by atoms with Crippen LogP contribution in [0, 0.1) is 0 Å². The Morgan fingerprint density at radius 1 is 0.886 bits per heavy atom. The van der Waals surface area contributed by atoms with E-state index < -0.39 is 18.5 Å². The first-order valence-electron chi connectivity index (χ1n) is 11.4. The molecule has 0 unspecified atom stereocenters. The van der Waals surface area contributed by atoms with Gasteiger partial charge in [-0.15, -0.1) is 0 Å². The maximum atomic E-state index is 12.8. The zero-order valence-electron chi connectivity index (χ0n) is 18.8. The summed E-state index contributed by atoms with van der Waals surface area (Å²) < 4.78 is 6.93. The second-order valence-electron chi connectivity index (χ2n) is 8.49. The highest BCUT2D eigenvalue weighted by atomic mass is 16.5. The van der Waals surface area contributed by atoms with E-state index >= 15 is 0 Å². The summed E-state index contributed by atoms with van der Waals surface area (Å²) in [5, 5.41) is 6.55. The maximum absolute atomic E-state index is 12.8. The van der Waals surface area contributed by atoms with Gasteiger partial charge in [-0.1, -0.05) is 30.3 Å². The number of para-hydroxylation sites is 2. The molecular weight excluding hydrogens is 446 g/mol. The Morgan fingerprint density at radius 2 is 1.54 bits per heavy atom. The number of nitrogens with one attached hydrogen (secondary N) is 2. The lowest BCUT2D eigenvalue weighted by Crippen LogP contribution is -2.26. The third kappa shape index (κ3) is 4.91. The molecule has 176 valence electrons. The molecule has 0 spiro atoms. The van der Waals surface area contributed by atoms with E-state index in [4.69, 9.17) is 4.74 Å². The van der Waals surface area contributed by atoms with E-state index in [0.717, 1.165) is 12.8 Å². The zero-order valence-corrected chi connectivity index (χ0v) is 18.8. The fourth-order valence-corrected chi connectivity index (χ4v) is 4.00. The lowest BCUT2D eigenvalue weighted by Gasteiger charge is -2.14. The Hall–Kier alpha value is -4.46. The first kappa shape index (κ1) is 22.3. The summed E-state index contributed by atoms with van der Waals surface area (Å²) in [6, 6.07) is 21.0. The van der Waals surface area contributed by atoms with Crippen molar-refractivity contribution in [2.75, 3.05) is 11.9 Å². The molecule has 0 saturated heterocycles. The van der Waals surface area contributed by atoms with Crippen LogP contribution in [0.2, 0.25) is 0 Å². The van der Waals surface area contributed by atoms with Crippen LogP contribution in [-0.2, 0) is 20.9 Å². The number of ether oxygens (including phenoxy) is 1. The van der Waals surface area contributed by atoms with E-state index in [0.29, 0.717) is 33.1 Å². The highest BCUT2D eigenvalue weighted by Crippen LogP contribution is 2.21. The van der Waals surface area contributed by atoms with Crippen LogP contribution in [-0.4, -0.2) is 35.0 Å². The average Bonchev–Trinajstić information content (AvgIpc) is 3.69. The lowest BCUT2D eigenvalue weighted by atomic mass is 10.1. The van der Waals surface area contributed by atoms with Crippen molar-refractivity contribution in [2.45, 2.75) is 25.4 Å². The first-order chi connectivity index (χ1) is 17.0. The Bertz CT molecular complexity index is 1460. The molecule has 0 atom stereocenters. The lowest BCUT2D eigenvalue weighted by molar-refractivity contribution is -0.147. The SMILES string of the molecule is O=C(COC(=O)Cn1c2ccccc2c(=O)c2ccccc21)Nc1cccc(C(=O)NC2CC2)c1. The number of pyridine rings is 1. The number of hydrogen-bond donors (Lipinski definition) is 2. The smallest absolute Gasteiger partial charge is 0.326 e. The molecule has 0 radical (unpaired) electrons. The van der Waals surface area contributed by atoms with E-state index in [9.17, 15) is 19.2 Å². The summed E-state index contributed by atoms with van der Waals surface area (Å²) in [6.45, 7) is -0.640. The normalized spacial score (nSPS) is 12.9. The second-order valence-corrected chi connectivity index (χ2v) is 8.49. The van der Waals surface area contributed by atoms with Crippen LogP contribution in [0.15, 0.2) is 77.6 Å². The number of carbonyl (C=O) groups is 3. The predicted molar refractivity (Wildman–Crippen MR) is 132 cm³/mol. The fourth-order valence-electron chi connectivity index (χ4n) is 4.00. The molecule has 1 aromatic heterocycles. The molecule has 5 rings (SSSR count). The van der Waals surface area contributed by atoms with Crippen molar-refractivity contribution in [3.63, 3.8) is 0 Å². The number of nitrogens with zero attached hydrogens (tertiary/aromatic N) is 1. The molecule has 35 heavy (non-hydrogen) atoms. The van der Waals surface area contributed by atoms with Gasteiger partial charge in [0, 0.05) is 28.1 Å². The molecule has 1 aliphatic rings. The van der Waals surface area contributed by atoms with Gasteiger partial charge in [-0.2, -0.15) is 0 Å². The van der Waals surface area contributed by atoms with E-state index in [2.05, 4.69) is 10.6 Å². The number of amides is 2. The Balaban J connectivity index is 1.26. The van der Waals surface area contributed by atoms with E-state index in [1.807, 2.05) is 0 Å². The Labute approximate surface area is 200 Å². The minimum Gasteiger partial charge on any atom is -0.454 e. The molecule has 0 bridgehead atoms. The standard InChI is InChI=1S/C27H23N3O5/c31-24(28-19-7-5-6-17(14-19)27(34)29-18-12-13-18)16-35-25(32)15-30-22-10-3-1-8-20(22)26(33)21-9-2-4-11-23(21)30/h1-11,14,18H,12-13,15-16H2,(H,28,31)(H,29,34). The summed E-state index contributed by atoms with van der Waals surface area (Å²) >= 11 is 0. The number of anilines is 1. The van der Waals surface area contributed by atoms with Crippen LogP contribution < -0.4 is 16.1 Å². The van der Waals surface area contributed by atoms with Crippen LogP contribution in [0.1, 0.15) is 23.2 Å². The largest absolute Gasteiger partial charge is 0.454 e. The molecule has 1 aliphatic carbocycles. The highest BCUT2D eigenvalue weighted by Gasteiger charge is 2.24. The van der Waals surface area contributed by atoms with Gasteiger partial charge < -0.3 is 19.9 Å². The summed E-state index contributed by atoms with van der Waals surface area (Å²) in [5.41, 5.74) is 2.00. The quantitative estimate of drug-likeness (QED) is 0.319. The number of carbonyl (C=O) groups excluding carboxylic acids is 3. The molecule has 8 heteroatoms. The van der Waals surface area contributed by atoms with Crippen LogP contribution in [0.3, 0.4) is 0 Å². The summed E-state index contributed by atoms with van der Waals surface area (Å²) in [6.07, 6.45) is 1.97. The van der Waals surface area contributed by atoms with Crippen molar-refractivity contribution >= 4 is 45.3 Å². The number of benzene rings is 3. The topological polar surface area (TPSA) is 106 Å². The van der Waals surface area contributed by atoms with Gasteiger partial charge in [0.1, 0.15) is 6.54 Å². The highest BCUT2D eigenvalue weighted by molar-refractivity contribution is 5.98. The van der Waals surface area contributed by atoms with Crippen molar-refractivity contribution < 1.29 is 19.1 Å². The van der Waals surface area contributed by atoms with Gasteiger partial charge in [0.15, 0.2) is 12.0 Å². The van der Waals surface area contributed by atoms with Gasteiger partial charge >= 0.3 is 5.97 Å². The number of hydrogen-bond acceptors (Lipinski definition) is 5. The van der Waals surface area contributed by atoms with Crippen molar-refractivity contribution in [1.29, 1.82) is 0 Å². The van der Waals surface area contributed by atoms with Crippen molar-refractivity contribution in [3.05, 3.63) is 88.6 Å². The molecule has 3 aromatic carbocycles. The summed E-state index contributed by atoms with van der Waals surface area (Å²) in [7, 11) is 0. The van der Waals surface area contributed by atoms with E-state index in [-0.39, 0.29) is 23.9 Å². The average molecular weight is 469 g/mol. The summed E-state index contributed by atoms with van der Waals surface area (Å²) in [4.78, 5) is 50.1. The van der Waals surface area contributed by atoms with Gasteiger partial charge in [-0.25, -0.2) is 0 Å². The third-order valence-corrected chi connectivity index (χ3v) is 5.85. The molecule has 2 amide bonds. The van der Waals surface area contributed by atoms with Crippen LogP contribution >= 0.6 is 0 Å². The van der Waals surface area contributed by atoms with Gasteiger partial charge in [-0.05, 0) is 55.3 Å². The second kappa shape index (κ2) is 9.42. The molecule has 1 fully saturated rings. The van der Waals surface area contributed by atoms with Gasteiger partial charge in [0.05, 0.1) is 11.0 Å². The first-order valence-corrected chi connectivity index (χ1v) is 11.4. The number of fused-ring (bicyclic) bond motifs is 2. The minimum absolute atomic E-state index is 0.103. The minimum atomic E-state index is -0.614. The van der Waals surface area contributed by atoms with Crippen molar-refractivity contribution in [2.24, 2.45) is 0 Å². The van der Waals surface area contributed by atoms with Crippen LogP contribution in [0.4, 0.5) is 5.69 Å². The van der Waals surface area contributed by atoms with Gasteiger partial charge in [-0.3, -0.25) is 19.2 Å². The Morgan fingerprint density at radius 3 is 2.20 bits per heavy atom. The third-order valence-electron chi connectivity index (χ3n) is 5.85. The number of rotatable bonds is 7. The van der Waals surface area contributed by atoms with Crippen molar-refractivity contribution in [3.8, 4) is 0 Å². The van der Waals surface area contributed by atoms with Crippen LogP contribution in [0.25, 0.3) is 21.8 Å². The fraction of sp³-hybridized carbons (Fsp3) is 0.185. The molecular formula is C27H23N3O5. The van der Waals surface area contributed by atoms with Gasteiger partial charge in [0.25, 0.3) is 11.8 Å². The maximum Gasteiger partial charge on any atom is 0.326 e. The predicted octanol–water partition coefficient (Wildman–Crippen LogP) is 3.23. The Kier molecular flexibility index (Phi) is 6.01. The molecule has 1 heterocycles. The van der Waals surface area contributed by atoms with E-state index in [1.165, 1.54) is 0 Å². The number of aromatic nitrogens is 1. The van der Waals surface area contributed by atoms with Crippen LogP contribution in [0.5, 0.6) is 0 Å². The monoisotopic (exact) mass is 469 g/mol. The zero-order chi connectivity index (χ0) is 24.4. The van der Waals surface area contributed by atoms with E-state index in [1.54, 1.807) is 77.4 Å². The molecule has 8 nitrogen and oxygen atoms in total.